The molecule has 5 nitrogen and oxygen atoms in total. The highest BCUT2D eigenvalue weighted by Crippen LogP contribution is 2.34. The van der Waals surface area contributed by atoms with Gasteiger partial charge in [-0.2, -0.15) is 5.10 Å². The first-order chi connectivity index (χ1) is 11.7. The fourth-order valence-corrected chi connectivity index (χ4v) is 3.26. The number of nitrogens with zero attached hydrogens (tertiary/aromatic N) is 3. The highest BCUT2D eigenvalue weighted by molar-refractivity contribution is 5.89. The van der Waals surface area contributed by atoms with E-state index in [4.69, 9.17) is 0 Å². The zero-order chi connectivity index (χ0) is 18.5. The van der Waals surface area contributed by atoms with Gasteiger partial charge in [-0.1, -0.05) is 13.8 Å². The van der Waals surface area contributed by atoms with Crippen molar-refractivity contribution in [3.63, 3.8) is 0 Å². The number of rotatable bonds is 3. The van der Waals surface area contributed by atoms with E-state index in [0.29, 0.717) is 5.65 Å². The largest absolute Gasteiger partial charge is 0.477 e. The Balaban J connectivity index is 2.45. The highest BCUT2D eigenvalue weighted by atomic mass is 19.1. The number of carbonyl (C=O) groups is 1. The molecule has 3 rings (SSSR count). The molecule has 1 N–H and O–H groups in total. The molecule has 0 aliphatic heterocycles. The number of carboxylic acid groups (broad SMARTS) is 1. The molecule has 0 atom stereocenters. The maximum atomic E-state index is 13.7. The van der Waals surface area contributed by atoms with Gasteiger partial charge >= 0.3 is 5.97 Å². The number of aromatic carboxylic acids is 1. The minimum atomic E-state index is -1.08. The molecule has 0 aliphatic rings. The molecule has 0 spiro atoms. The van der Waals surface area contributed by atoms with Crippen molar-refractivity contribution in [3.8, 4) is 11.1 Å². The van der Waals surface area contributed by atoms with Crippen LogP contribution < -0.4 is 0 Å². The summed E-state index contributed by atoms with van der Waals surface area (Å²) >= 11 is 0. The maximum Gasteiger partial charge on any atom is 0.354 e. The molecule has 0 bridgehead atoms. The summed E-state index contributed by atoms with van der Waals surface area (Å²) in [5, 5.41) is 14.0. The average molecular weight is 341 g/mol. The second-order valence-corrected chi connectivity index (χ2v) is 6.64. The fourth-order valence-electron chi connectivity index (χ4n) is 3.26. The number of aryl methyl sites for hydroxylation is 3. The lowest BCUT2D eigenvalue weighted by Crippen LogP contribution is -2.09. The van der Waals surface area contributed by atoms with Gasteiger partial charge in [0.1, 0.15) is 5.82 Å². The maximum absolute atomic E-state index is 13.7. The molecule has 2 heterocycles. The molecule has 0 amide bonds. The van der Waals surface area contributed by atoms with Crippen LogP contribution in [-0.4, -0.2) is 25.7 Å². The zero-order valence-corrected chi connectivity index (χ0v) is 14.9. The van der Waals surface area contributed by atoms with E-state index in [-0.39, 0.29) is 17.4 Å². The van der Waals surface area contributed by atoms with Crippen LogP contribution in [0.5, 0.6) is 0 Å². The lowest BCUT2D eigenvalue weighted by Gasteiger charge is -2.12. The predicted molar refractivity (Wildman–Crippen MR) is 93.6 cm³/mol. The van der Waals surface area contributed by atoms with E-state index in [1.807, 2.05) is 34.6 Å². The van der Waals surface area contributed by atoms with E-state index in [0.717, 1.165) is 33.6 Å². The van der Waals surface area contributed by atoms with Crippen molar-refractivity contribution in [1.29, 1.82) is 0 Å². The first-order valence-corrected chi connectivity index (χ1v) is 8.11. The van der Waals surface area contributed by atoms with Gasteiger partial charge in [-0.05, 0) is 61.6 Å². The Morgan fingerprint density at radius 1 is 1.12 bits per heavy atom. The van der Waals surface area contributed by atoms with Gasteiger partial charge in [-0.3, -0.25) is 0 Å². The number of hydrogen-bond acceptors (Lipinski definition) is 3. The Hall–Kier alpha value is -2.76. The van der Waals surface area contributed by atoms with Crippen LogP contribution in [0.4, 0.5) is 4.39 Å². The van der Waals surface area contributed by atoms with E-state index in [1.165, 1.54) is 12.1 Å². The van der Waals surface area contributed by atoms with E-state index in [2.05, 4.69) is 10.1 Å². The van der Waals surface area contributed by atoms with Gasteiger partial charge in [0.2, 0.25) is 0 Å². The van der Waals surface area contributed by atoms with Crippen molar-refractivity contribution in [3.05, 3.63) is 52.2 Å². The molecule has 0 fully saturated rings. The minimum absolute atomic E-state index is 0.0187. The lowest BCUT2D eigenvalue weighted by molar-refractivity contribution is 0.0690. The average Bonchev–Trinajstić information content (AvgIpc) is 2.81. The van der Waals surface area contributed by atoms with E-state index in [9.17, 15) is 14.3 Å². The van der Waals surface area contributed by atoms with Crippen molar-refractivity contribution < 1.29 is 14.3 Å². The van der Waals surface area contributed by atoms with Gasteiger partial charge in [0, 0.05) is 5.69 Å². The van der Waals surface area contributed by atoms with Crippen LogP contribution >= 0.6 is 0 Å². The molecule has 2 aromatic heterocycles. The van der Waals surface area contributed by atoms with Gasteiger partial charge in [0.15, 0.2) is 11.3 Å². The quantitative estimate of drug-likeness (QED) is 0.772. The van der Waals surface area contributed by atoms with E-state index >= 15 is 0 Å². The number of hydrogen-bond donors (Lipinski definition) is 1. The molecule has 6 heteroatoms. The van der Waals surface area contributed by atoms with Crippen LogP contribution in [0, 0.1) is 26.6 Å². The Morgan fingerprint density at radius 2 is 1.72 bits per heavy atom. The summed E-state index contributed by atoms with van der Waals surface area (Å²) in [6.45, 7) is 9.48. The Morgan fingerprint density at radius 3 is 2.24 bits per heavy atom. The molecule has 3 aromatic rings. The molecular weight excluding hydrogens is 321 g/mol. The second-order valence-electron chi connectivity index (χ2n) is 6.64. The van der Waals surface area contributed by atoms with Crippen LogP contribution in [0.15, 0.2) is 18.2 Å². The summed E-state index contributed by atoms with van der Waals surface area (Å²) < 4.78 is 15.4. The Kier molecular flexibility index (Phi) is 4.06. The van der Waals surface area contributed by atoms with Crippen LogP contribution in [0.25, 0.3) is 16.8 Å². The van der Waals surface area contributed by atoms with Gasteiger partial charge in [-0.15, -0.1) is 0 Å². The Labute approximate surface area is 145 Å². The number of aromatic nitrogens is 3. The summed E-state index contributed by atoms with van der Waals surface area (Å²) in [4.78, 5) is 15.8. The van der Waals surface area contributed by atoms with Crippen molar-refractivity contribution >= 4 is 11.6 Å². The number of halogens is 1. The molecule has 0 saturated carbocycles. The third kappa shape index (κ3) is 2.77. The molecule has 25 heavy (non-hydrogen) atoms. The van der Waals surface area contributed by atoms with Gasteiger partial charge in [-0.25, -0.2) is 18.7 Å². The number of benzene rings is 1. The second kappa shape index (κ2) is 5.95. The summed E-state index contributed by atoms with van der Waals surface area (Å²) in [6, 6.07) is 4.49. The smallest absolute Gasteiger partial charge is 0.354 e. The topological polar surface area (TPSA) is 67.5 Å². The van der Waals surface area contributed by atoms with E-state index < -0.39 is 5.97 Å². The first kappa shape index (κ1) is 17.1. The summed E-state index contributed by atoms with van der Waals surface area (Å²) in [5.41, 5.74) is 5.10. The number of fused-ring (bicyclic) bond motifs is 1. The fraction of sp³-hybridized carbons (Fsp3) is 0.316. The predicted octanol–water partition coefficient (Wildman–Crippen LogP) is 4.28. The first-order valence-electron chi connectivity index (χ1n) is 8.11. The Bertz CT molecular complexity index is 983. The van der Waals surface area contributed by atoms with Crippen molar-refractivity contribution in [1.82, 2.24) is 14.6 Å². The molecule has 0 unspecified atom stereocenters. The van der Waals surface area contributed by atoms with Crippen molar-refractivity contribution in [2.24, 2.45) is 0 Å². The van der Waals surface area contributed by atoms with Gasteiger partial charge in [0.25, 0.3) is 0 Å². The molecule has 0 radical (unpaired) electrons. The highest BCUT2D eigenvalue weighted by Gasteiger charge is 2.22. The van der Waals surface area contributed by atoms with Crippen LogP contribution in [0.3, 0.4) is 0 Å². The standard InChI is InChI=1S/C19H20FN3O2/c1-9(2)15-8-14(19(24)25)21-18-17(12(5)22-23(15)18)16-10(3)6-13(20)7-11(16)4/h6-9H,1-5H3,(H,24,25). The summed E-state index contributed by atoms with van der Waals surface area (Å²) in [5.74, 6) is -1.30. The summed E-state index contributed by atoms with van der Waals surface area (Å²) in [6.07, 6.45) is 0. The normalized spacial score (nSPS) is 11.5. The third-order valence-electron chi connectivity index (χ3n) is 4.35. The van der Waals surface area contributed by atoms with E-state index in [1.54, 1.807) is 10.6 Å². The number of carboxylic acids is 1. The minimum Gasteiger partial charge on any atom is -0.477 e. The van der Waals surface area contributed by atoms with Crippen LogP contribution in [0.2, 0.25) is 0 Å². The lowest BCUT2D eigenvalue weighted by atomic mass is 9.95. The molecule has 0 aliphatic carbocycles. The molecule has 130 valence electrons. The molecule has 0 saturated heterocycles. The van der Waals surface area contributed by atoms with Crippen molar-refractivity contribution in [2.45, 2.75) is 40.5 Å². The van der Waals surface area contributed by atoms with Gasteiger partial charge in [0.05, 0.1) is 11.3 Å². The molecular formula is C19H20FN3O2. The SMILES string of the molecule is Cc1cc(F)cc(C)c1-c1c(C)nn2c(C(C)C)cc(C(=O)O)nc12. The molecule has 1 aromatic carbocycles. The van der Waals surface area contributed by atoms with Gasteiger partial charge < -0.3 is 5.11 Å². The van der Waals surface area contributed by atoms with Crippen LogP contribution in [-0.2, 0) is 0 Å². The zero-order valence-electron chi connectivity index (χ0n) is 14.9. The van der Waals surface area contributed by atoms with Crippen molar-refractivity contribution in [2.75, 3.05) is 0 Å². The third-order valence-corrected chi connectivity index (χ3v) is 4.35. The summed E-state index contributed by atoms with van der Waals surface area (Å²) in [7, 11) is 0. The van der Waals surface area contributed by atoms with Crippen LogP contribution in [0.1, 0.15) is 52.8 Å². The monoisotopic (exact) mass is 341 g/mol.